The third kappa shape index (κ3) is 7.45. The number of carbonyl (C=O) groups is 1. The van der Waals surface area contributed by atoms with Gasteiger partial charge < -0.3 is 24.8 Å². The number of anilines is 3. The molecule has 0 bridgehead atoms. The minimum atomic E-state index is -0.504. The number of carbonyl (C=O) groups excluding carboxylic acids is 1. The van der Waals surface area contributed by atoms with Crippen LogP contribution in [0.4, 0.5) is 17.1 Å². The minimum absolute atomic E-state index is 0. The number of nitrogens with zero attached hydrogens (tertiary/aromatic N) is 2. The molecule has 1 unspecified atom stereocenters. The number of rotatable bonds is 8. The van der Waals surface area contributed by atoms with Crippen LogP contribution in [-0.4, -0.2) is 34.5 Å². The average molecular weight is 739 g/mol. The molecule has 2 heterocycles. The van der Waals surface area contributed by atoms with E-state index in [0.29, 0.717) is 23.7 Å². The zero-order chi connectivity index (χ0) is 31.0. The first-order chi connectivity index (χ1) is 20.5. The van der Waals surface area contributed by atoms with Crippen LogP contribution in [-0.2, 0) is 21.5 Å². The number of ether oxygens (including phenoxy) is 1. The number of amides is 1. The van der Waals surface area contributed by atoms with Crippen LogP contribution in [0.5, 0.6) is 5.75 Å². The van der Waals surface area contributed by atoms with Crippen molar-refractivity contribution in [2.75, 3.05) is 28.2 Å². The van der Waals surface area contributed by atoms with E-state index >= 15 is 0 Å². The van der Waals surface area contributed by atoms with Crippen LogP contribution in [0, 0.1) is 0 Å². The molecule has 1 fully saturated rings. The standard InChI is InChI=1S/C27H39N2.C10H9NO2.2ClH.Ru/c1-18(2)22-11-9-12-23(19(3)4)26(22)28-15-16-29(17-28)27-24(20(5)6)13-10-14-25(27)21(7)8;1-6-4-3-5-8-9(6)13-7(2)10(12)11-8;;;/h9-14,17-21H,15-16H2,1-8H3;1,3-5,7H,2H3,(H,11,12);2*1H;/q;;;;+2/p-2. The van der Waals surface area contributed by atoms with Crippen LogP contribution in [0.1, 0.15) is 114 Å². The predicted molar refractivity (Wildman–Crippen MR) is 178 cm³/mol. The van der Waals surface area contributed by atoms with Crippen LogP contribution < -0.4 is 44.7 Å². The first kappa shape index (κ1) is 37.1. The fourth-order valence-corrected chi connectivity index (χ4v) is 8.77. The van der Waals surface area contributed by atoms with Gasteiger partial charge in [-0.05, 0) is 0 Å². The van der Waals surface area contributed by atoms with Crippen LogP contribution >= 0.6 is 0 Å². The summed E-state index contributed by atoms with van der Waals surface area (Å²) in [6.07, 6.45) is -0.504. The van der Waals surface area contributed by atoms with Gasteiger partial charge in [0, 0.05) is 0 Å². The van der Waals surface area contributed by atoms with E-state index in [2.05, 4.69) is 118 Å². The van der Waals surface area contributed by atoms with Crippen molar-refractivity contribution < 1.29 is 51.0 Å². The second-order valence-corrected chi connectivity index (χ2v) is 15.0. The van der Waals surface area contributed by atoms with Crippen LogP contribution in [0.3, 0.4) is 0 Å². The number of fused-ring (bicyclic) bond motifs is 1. The predicted octanol–water partition coefficient (Wildman–Crippen LogP) is 2.45. The Morgan fingerprint density at radius 2 is 1.16 bits per heavy atom. The van der Waals surface area contributed by atoms with Gasteiger partial charge in [-0.25, -0.2) is 0 Å². The normalized spacial score (nSPS) is 16.7. The van der Waals surface area contributed by atoms with Gasteiger partial charge in [-0.15, -0.1) is 0 Å². The number of hydrogen-bond donors (Lipinski definition) is 1. The number of hydrogen-bond acceptors (Lipinski definition) is 4. The van der Waals surface area contributed by atoms with Crippen molar-refractivity contribution in [1.82, 2.24) is 0 Å². The van der Waals surface area contributed by atoms with Gasteiger partial charge in [0.05, 0.1) is 0 Å². The molecule has 1 atom stereocenters. The van der Waals surface area contributed by atoms with Gasteiger partial charge in [-0.3, -0.25) is 0 Å². The van der Waals surface area contributed by atoms with Crippen LogP contribution in [0.25, 0.3) is 0 Å². The van der Waals surface area contributed by atoms with Crippen LogP contribution in [0.15, 0.2) is 54.6 Å². The third-order valence-electron chi connectivity index (χ3n) is 8.58. The quantitative estimate of drug-likeness (QED) is 0.362. The molecular weight excluding hydrogens is 690 g/mol. The first-order valence-electron chi connectivity index (χ1n) is 15.8. The molecule has 0 spiro atoms. The van der Waals surface area contributed by atoms with Gasteiger partial charge in [0.1, 0.15) is 0 Å². The Kier molecular flexibility index (Phi) is 12.7. The summed E-state index contributed by atoms with van der Waals surface area (Å²) in [5, 5.41) is 3.03. The van der Waals surface area contributed by atoms with Gasteiger partial charge in [0.25, 0.3) is 0 Å². The number of benzene rings is 3. The molecule has 3 aromatic carbocycles. The summed E-state index contributed by atoms with van der Waals surface area (Å²) >= 11 is -0.284. The molecule has 1 saturated heterocycles. The molecule has 0 radical (unpaired) electrons. The van der Waals surface area contributed by atoms with E-state index in [9.17, 15) is 4.79 Å². The van der Waals surface area contributed by atoms with Gasteiger partial charge in [-0.2, -0.15) is 0 Å². The van der Waals surface area contributed by atoms with E-state index in [1.54, 1.807) is 0 Å². The molecule has 245 valence electrons. The van der Waals surface area contributed by atoms with Crippen LogP contribution in [0.2, 0.25) is 0 Å². The maximum atomic E-state index is 12.3. The second-order valence-electron chi connectivity index (χ2n) is 13.1. The van der Waals surface area contributed by atoms with Crippen molar-refractivity contribution in [3.63, 3.8) is 0 Å². The summed E-state index contributed by atoms with van der Waals surface area (Å²) in [5.74, 6) is 2.41. The third-order valence-corrected chi connectivity index (χ3v) is 11.0. The Labute approximate surface area is 290 Å². The Morgan fingerprint density at radius 1 is 0.733 bits per heavy atom. The van der Waals surface area contributed by atoms with Gasteiger partial charge in [-0.1, -0.05) is 0 Å². The maximum Gasteiger partial charge on any atom is -1.00 e. The number of nitrogens with one attached hydrogen (secondary N) is 1. The molecule has 1 N–H and O–H groups in total. The summed E-state index contributed by atoms with van der Waals surface area (Å²) in [6.45, 7) is 22.3. The molecule has 0 aliphatic carbocycles. The smallest absolute Gasteiger partial charge is 1.00 e. The maximum absolute atomic E-state index is 12.3. The van der Waals surface area contributed by atoms with Crippen molar-refractivity contribution in [3.8, 4) is 5.75 Å². The molecule has 0 aromatic heterocycles. The van der Waals surface area contributed by atoms with Crippen molar-refractivity contribution >= 4 is 27.6 Å². The summed E-state index contributed by atoms with van der Waals surface area (Å²) in [5.41, 5.74) is 10.4. The summed E-state index contributed by atoms with van der Waals surface area (Å²) in [7, 11) is 0. The monoisotopic (exact) mass is 738 g/mol. The zero-order valence-electron chi connectivity index (χ0n) is 28.0. The van der Waals surface area contributed by atoms with E-state index in [0.717, 1.165) is 30.1 Å². The average Bonchev–Trinajstić information content (AvgIpc) is 3.38. The fourth-order valence-electron chi connectivity index (χ4n) is 6.28. The number of para-hydroxylation sites is 3. The first-order valence-corrected chi connectivity index (χ1v) is 17.8. The summed E-state index contributed by atoms with van der Waals surface area (Å²) < 4.78 is 8.78. The van der Waals surface area contributed by atoms with E-state index in [4.69, 9.17) is 4.74 Å². The molecule has 3 aromatic rings. The Bertz CT molecular complexity index is 1400. The molecule has 0 saturated carbocycles. The van der Waals surface area contributed by atoms with Crippen molar-refractivity contribution in [2.24, 2.45) is 0 Å². The molecule has 1 amide bonds. The van der Waals surface area contributed by atoms with Crippen molar-refractivity contribution in [3.05, 3.63) is 82.4 Å². The van der Waals surface area contributed by atoms with E-state index in [1.807, 2.05) is 19.1 Å². The Morgan fingerprint density at radius 3 is 1.58 bits per heavy atom. The SMILES string of the molecule is CC1Oc2c(/[CH]=[Ru+2]/[CH]3N(c4c(C(C)C)cccc4C(C)C)CCN3c3c(C(C)C)cccc3C(C)C)cccc2NC1=O.[Cl-].[Cl-]. The zero-order valence-corrected chi connectivity index (χ0v) is 31.2. The van der Waals surface area contributed by atoms with E-state index in [-0.39, 0.29) is 52.2 Å². The second kappa shape index (κ2) is 15.5. The Hall–Kier alpha value is -2.40. The topological polar surface area (TPSA) is 44.8 Å². The molecule has 2 aliphatic rings. The number of halogens is 2. The molecule has 2 aliphatic heterocycles. The van der Waals surface area contributed by atoms with Gasteiger partial charge in [0.15, 0.2) is 0 Å². The summed E-state index contributed by atoms with van der Waals surface area (Å²) in [6, 6.07) is 19.9. The Balaban J connectivity index is 0.00000276. The largest absolute Gasteiger partial charge is 1.00 e. The van der Waals surface area contributed by atoms with E-state index < -0.39 is 6.10 Å². The van der Waals surface area contributed by atoms with Crippen molar-refractivity contribution in [1.29, 1.82) is 0 Å². The molecule has 45 heavy (non-hydrogen) atoms. The molecule has 8 heteroatoms. The van der Waals surface area contributed by atoms with Crippen molar-refractivity contribution in [2.45, 2.75) is 96.8 Å². The van der Waals surface area contributed by atoms with Gasteiger partial charge >= 0.3 is 267 Å². The molecular formula is C37H48Cl2N3O2Ru. The summed E-state index contributed by atoms with van der Waals surface area (Å²) in [4.78, 5) is 17.8. The molecule has 5 nitrogen and oxygen atoms in total. The van der Waals surface area contributed by atoms with E-state index in [1.165, 1.54) is 33.6 Å². The molecule has 5 rings (SSSR count). The fraction of sp³-hybridized carbons (Fsp3) is 0.459. The minimum Gasteiger partial charge on any atom is -1.00 e. The van der Waals surface area contributed by atoms with Gasteiger partial charge in [0.2, 0.25) is 0 Å².